The van der Waals surface area contributed by atoms with Gasteiger partial charge in [0, 0.05) is 10.8 Å². The van der Waals surface area contributed by atoms with Gasteiger partial charge < -0.3 is 0 Å². The maximum Gasteiger partial charge on any atom is 0.242 e. The maximum absolute atomic E-state index is 4.69. The standard InChI is InChI=1S/C22H22N4/c1-13-8-9-17-10-14(2)12-20(19(17)11-13)25-26-22-23-16(4)18-7-5-6-15(3)21(18)24-22/h5-12,25H,1-4H3,(H,23,24,26). The molecule has 0 amide bonds. The summed E-state index contributed by atoms with van der Waals surface area (Å²) in [6.07, 6.45) is 0. The number of rotatable bonds is 3. The van der Waals surface area contributed by atoms with E-state index in [4.69, 9.17) is 0 Å². The molecule has 1 aromatic heterocycles. The number of aryl methyl sites for hydroxylation is 4. The van der Waals surface area contributed by atoms with Gasteiger partial charge in [0.2, 0.25) is 5.95 Å². The minimum absolute atomic E-state index is 0.576. The summed E-state index contributed by atoms with van der Waals surface area (Å²) in [5.41, 5.74) is 13.1. The predicted octanol–water partition coefficient (Wildman–Crippen LogP) is 5.46. The fourth-order valence-electron chi connectivity index (χ4n) is 3.35. The predicted molar refractivity (Wildman–Crippen MR) is 110 cm³/mol. The number of anilines is 2. The van der Waals surface area contributed by atoms with Crippen LogP contribution in [0.1, 0.15) is 22.4 Å². The van der Waals surface area contributed by atoms with Crippen molar-refractivity contribution < 1.29 is 0 Å². The summed E-state index contributed by atoms with van der Waals surface area (Å²) < 4.78 is 0. The number of benzene rings is 3. The van der Waals surface area contributed by atoms with E-state index in [0.29, 0.717) is 5.95 Å². The van der Waals surface area contributed by atoms with Crippen molar-refractivity contribution in [1.29, 1.82) is 0 Å². The molecule has 4 aromatic rings. The topological polar surface area (TPSA) is 49.8 Å². The highest BCUT2D eigenvalue weighted by atomic mass is 15.4. The Bertz CT molecular complexity index is 1130. The number of fused-ring (bicyclic) bond motifs is 2. The number of para-hydroxylation sites is 1. The first-order chi connectivity index (χ1) is 12.5. The lowest BCUT2D eigenvalue weighted by Gasteiger charge is -2.14. The molecule has 4 heteroatoms. The van der Waals surface area contributed by atoms with Crippen molar-refractivity contribution in [3.8, 4) is 0 Å². The molecule has 0 unspecified atom stereocenters. The van der Waals surface area contributed by atoms with Crippen LogP contribution in [0.3, 0.4) is 0 Å². The van der Waals surface area contributed by atoms with Gasteiger partial charge in [0.05, 0.1) is 16.9 Å². The van der Waals surface area contributed by atoms with Crippen molar-refractivity contribution in [3.63, 3.8) is 0 Å². The van der Waals surface area contributed by atoms with Crippen molar-refractivity contribution in [2.75, 3.05) is 10.9 Å². The third kappa shape index (κ3) is 2.94. The molecule has 0 fully saturated rings. The first-order valence-electron chi connectivity index (χ1n) is 8.78. The molecule has 130 valence electrons. The number of hydrogen-bond acceptors (Lipinski definition) is 4. The van der Waals surface area contributed by atoms with Crippen LogP contribution >= 0.6 is 0 Å². The zero-order valence-corrected chi connectivity index (χ0v) is 15.5. The minimum Gasteiger partial charge on any atom is -0.298 e. The van der Waals surface area contributed by atoms with Crippen molar-refractivity contribution in [1.82, 2.24) is 9.97 Å². The fourth-order valence-corrected chi connectivity index (χ4v) is 3.35. The Kier molecular flexibility index (Phi) is 3.96. The van der Waals surface area contributed by atoms with Gasteiger partial charge in [-0.25, -0.2) is 9.97 Å². The Balaban J connectivity index is 1.72. The maximum atomic E-state index is 4.69. The quantitative estimate of drug-likeness (QED) is 0.486. The molecule has 3 aromatic carbocycles. The number of nitrogens with one attached hydrogen (secondary N) is 2. The van der Waals surface area contributed by atoms with Gasteiger partial charge in [0.1, 0.15) is 0 Å². The van der Waals surface area contributed by atoms with E-state index in [9.17, 15) is 0 Å². The highest BCUT2D eigenvalue weighted by Gasteiger charge is 2.08. The summed E-state index contributed by atoms with van der Waals surface area (Å²) in [4.78, 5) is 9.28. The Morgan fingerprint density at radius 3 is 2.42 bits per heavy atom. The molecule has 0 bridgehead atoms. The molecule has 26 heavy (non-hydrogen) atoms. The van der Waals surface area contributed by atoms with Gasteiger partial charge in [-0.1, -0.05) is 42.0 Å². The molecule has 0 saturated carbocycles. The van der Waals surface area contributed by atoms with Gasteiger partial charge in [-0.15, -0.1) is 0 Å². The molecule has 0 atom stereocenters. The number of hydrazine groups is 1. The molecular weight excluding hydrogens is 320 g/mol. The molecule has 0 aliphatic carbocycles. The summed E-state index contributed by atoms with van der Waals surface area (Å²) in [7, 11) is 0. The molecule has 0 radical (unpaired) electrons. The van der Waals surface area contributed by atoms with Gasteiger partial charge in [-0.2, -0.15) is 0 Å². The highest BCUT2D eigenvalue weighted by Crippen LogP contribution is 2.27. The second-order valence-electron chi connectivity index (χ2n) is 6.89. The van der Waals surface area contributed by atoms with Crippen molar-refractivity contribution in [2.45, 2.75) is 27.7 Å². The summed E-state index contributed by atoms with van der Waals surface area (Å²) in [5.74, 6) is 0.576. The Hall–Kier alpha value is -3.14. The van der Waals surface area contributed by atoms with Gasteiger partial charge in [0.15, 0.2) is 0 Å². The molecular formula is C22H22N4. The lowest BCUT2D eigenvalue weighted by Crippen LogP contribution is -2.13. The van der Waals surface area contributed by atoms with E-state index < -0.39 is 0 Å². The molecule has 0 spiro atoms. The average Bonchev–Trinajstić information content (AvgIpc) is 2.61. The van der Waals surface area contributed by atoms with E-state index >= 15 is 0 Å². The second-order valence-corrected chi connectivity index (χ2v) is 6.89. The summed E-state index contributed by atoms with van der Waals surface area (Å²) >= 11 is 0. The van der Waals surface area contributed by atoms with Crippen LogP contribution in [0.5, 0.6) is 0 Å². The largest absolute Gasteiger partial charge is 0.298 e. The summed E-state index contributed by atoms with van der Waals surface area (Å²) in [6, 6.07) is 17.0. The monoisotopic (exact) mass is 342 g/mol. The van der Waals surface area contributed by atoms with E-state index in [1.807, 2.05) is 13.0 Å². The molecule has 4 nitrogen and oxygen atoms in total. The number of hydrogen-bond donors (Lipinski definition) is 2. The SMILES string of the molecule is Cc1cc(NNc2nc(C)c3cccc(C)c3n2)c2cc(C)ccc2c1. The fraction of sp³-hybridized carbons (Fsp3) is 0.182. The van der Waals surface area contributed by atoms with Crippen LogP contribution in [0.15, 0.2) is 48.5 Å². The smallest absolute Gasteiger partial charge is 0.242 e. The lowest BCUT2D eigenvalue weighted by molar-refractivity contribution is 1.13. The Morgan fingerprint density at radius 2 is 1.58 bits per heavy atom. The van der Waals surface area contributed by atoms with Gasteiger partial charge in [-0.05, 0) is 56.3 Å². The minimum atomic E-state index is 0.576. The van der Waals surface area contributed by atoms with E-state index in [1.54, 1.807) is 0 Å². The van der Waals surface area contributed by atoms with Crippen LogP contribution in [0.4, 0.5) is 11.6 Å². The number of aromatic nitrogens is 2. The molecule has 0 aliphatic rings. The van der Waals surface area contributed by atoms with Crippen LogP contribution in [-0.4, -0.2) is 9.97 Å². The molecule has 2 N–H and O–H groups in total. The highest BCUT2D eigenvalue weighted by molar-refractivity contribution is 5.95. The first kappa shape index (κ1) is 16.3. The van der Waals surface area contributed by atoms with Crippen molar-refractivity contribution in [3.05, 3.63) is 70.9 Å². The van der Waals surface area contributed by atoms with E-state index in [0.717, 1.165) is 27.8 Å². The summed E-state index contributed by atoms with van der Waals surface area (Å²) in [6.45, 7) is 8.29. The molecule has 4 rings (SSSR count). The summed E-state index contributed by atoms with van der Waals surface area (Å²) in [5, 5.41) is 3.48. The zero-order chi connectivity index (χ0) is 18.3. The molecule has 1 heterocycles. The Morgan fingerprint density at radius 1 is 0.731 bits per heavy atom. The molecule has 0 aliphatic heterocycles. The third-order valence-corrected chi connectivity index (χ3v) is 4.68. The lowest BCUT2D eigenvalue weighted by atomic mass is 10.0. The van der Waals surface area contributed by atoms with Gasteiger partial charge >= 0.3 is 0 Å². The number of nitrogens with zero attached hydrogens (tertiary/aromatic N) is 2. The Labute approximate surface area is 153 Å². The van der Waals surface area contributed by atoms with Crippen LogP contribution < -0.4 is 10.9 Å². The van der Waals surface area contributed by atoms with Crippen LogP contribution in [0.25, 0.3) is 21.7 Å². The van der Waals surface area contributed by atoms with Crippen LogP contribution in [-0.2, 0) is 0 Å². The third-order valence-electron chi connectivity index (χ3n) is 4.68. The van der Waals surface area contributed by atoms with E-state index in [-0.39, 0.29) is 0 Å². The normalized spacial score (nSPS) is 11.1. The van der Waals surface area contributed by atoms with Gasteiger partial charge in [0.25, 0.3) is 0 Å². The first-order valence-corrected chi connectivity index (χ1v) is 8.78. The van der Waals surface area contributed by atoms with E-state index in [2.05, 4.69) is 84.1 Å². The van der Waals surface area contributed by atoms with Crippen molar-refractivity contribution in [2.24, 2.45) is 0 Å². The van der Waals surface area contributed by atoms with Gasteiger partial charge in [-0.3, -0.25) is 10.9 Å². The van der Waals surface area contributed by atoms with Crippen molar-refractivity contribution >= 4 is 33.3 Å². The average molecular weight is 342 g/mol. The van der Waals surface area contributed by atoms with Crippen LogP contribution in [0, 0.1) is 27.7 Å². The van der Waals surface area contributed by atoms with E-state index in [1.165, 1.54) is 21.9 Å². The molecule has 0 saturated heterocycles. The second kappa shape index (κ2) is 6.30. The zero-order valence-electron chi connectivity index (χ0n) is 15.5. The van der Waals surface area contributed by atoms with Crippen LogP contribution in [0.2, 0.25) is 0 Å².